The zero-order valence-electron chi connectivity index (χ0n) is 15.0. The summed E-state index contributed by atoms with van der Waals surface area (Å²) >= 11 is 0. The van der Waals surface area contributed by atoms with E-state index in [0.717, 1.165) is 18.1 Å². The van der Waals surface area contributed by atoms with E-state index in [-0.39, 0.29) is 11.9 Å². The first-order valence-electron chi connectivity index (χ1n) is 8.80. The number of carbonyl (C=O) groups is 1. The highest BCUT2D eigenvalue weighted by Crippen LogP contribution is 2.32. The number of fused-ring (bicyclic) bond motifs is 2. The number of rotatable bonds is 3. The number of ether oxygens (including phenoxy) is 3. The number of hydrogen-bond donors (Lipinski definition) is 0. The van der Waals surface area contributed by atoms with Gasteiger partial charge in [-0.2, -0.15) is 0 Å². The average molecular weight is 358 g/mol. The zero-order chi connectivity index (χ0) is 18.1. The zero-order valence-corrected chi connectivity index (χ0v) is 15.0. The number of aromatic nitrogens is 3. The van der Waals surface area contributed by atoms with Crippen LogP contribution in [0.5, 0.6) is 11.5 Å². The Hall–Kier alpha value is -2.61. The van der Waals surface area contributed by atoms with E-state index < -0.39 is 0 Å². The lowest BCUT2D eigenvalue weighted by molar-refractivity contribution is 0.0632. The second-order valence-corrected chi connectivity index (χ2v) is 6.45. The summed E-state index contributed by atoms with van der Waals surface area (Å²) in [6, 6.07) is 5.20. The second kappa shape index (κ2) is 6.95. The molecule has 0 unspecified atom stereocenters. The van der Waals surface area contributed by atoms with E-state index in [9.17, 15) is 4.79 Å². The molecule has 2 aliphatic heterocycles. The van der Waals surface area contributed by atoms with Crippen LogP contribution in [0.4, 0.5) is 0 Å². The monoisotopic (exact) mass is 358 g/mol. The summed E-state index contributed by atoms with van der Waals surface area (Å²) in [7, 11) is 1.63. The summed E-state index contributed by atoms with van der Waals surface area (Å²) in [6.07, 6.45) is 0.834. The summed E-state index contributed by atoms with van der Waals surface area (Å²) in [4.78, 5) is 14.9. The van der Waals surface area contributed by atoms with Crippen molar-refractivity contribution in [2.45, 2.75) is 32.5 Å². The van der Waals surface area contributed by atoms with Crippen LogP contribution in [0.1, 0.15) is 41.4 Å². The molecule has 0 radical (unpaired) electrons. The molecule has 4 rings (SSSR count). The predicted octanol–water partition coefficient (Wildman–Crippen LogP) is 1.80. The number of benzene rings is 1. The van der Waals surface area contributed by atoms with Gasteiger partial charge in [-0.1, -0.05) is 0 Å². The minimum absolute atomic E-state index is 0.0457. The standard InChI is InChI=1S/C18H22N4O4/c1-12-17-20-19-16(11-24-2)22(17)7-6-21(12)18(23)13-4-5-14-15(10-13)26-9-3-8-25-14/h4-5,10,12H,3,6-9,11H2,1-2H3/t12-/m1/s1. The predicted molar refractivity (Wildman–Crippen MR) is 92.2 cm³/mol. The first kappa shape index (κ1) is 16.8. The minimum atomic E-state index is -0.162. The van der Waals surface area contributed by atoms with Crippen molar-refractivity contribution in [3.8, 4) is 11.5 Å². The molecule has 1 amide bonds. The second-order valence-electron chi connectivity index (χ2n) is 6.45. The number of hydrogen-bond acceptors (Lipinski definition) is 6. The van der Waals surface area contributed by atoms with Gasteiger partial charge in [0.05, 0.1) is 19.3 Å². The fourth-order valence-electron chi connectivity index (χ4n) is 3.42. The average Bonchev–Trinajstić information content (AvgIpc) is 2.91. The van der Waals surface area contributed by atoms with Crippen molar-refractivity contribution in [1.82, 2.24) is 19.7 Å². The Kier molecular flexibility index (Phi) is 4.50. The van der Waals surface area contributed by atoms with Crippen LogP contribution in [-0.4, -0.2) is 52.4 Å². The van der Waals surface area contributed by atoms with Gasteiger partial charge in [0.25, 0.3) is 5.91 Å². The molecule has 26 heavy (non-hydrogen) atoms. The Morgan fingerprint density at radius 1 is 1.23 bits per heavy atom. The third-order valence-electron chi connectivity index (χ3n) is 4.79. The minimum Gasteiger partial charge on any atom is -0.490 e. The smallest absolute Gasteiger partial charge is 0.254 e. The molecule has 1 aromatic heterocycles. The Morgan fingerprint density at radius 2 is 2.04 bits per heavy atom. The van der Waals surface area contributed by atoms with Crippen LogP contribution in [0, 0.1) is 0 Å². The largest absolute Gasteiger partial charge is 0.490 e. The number of nitrogens with zero attached hydrogens (tertiary/aromatic N) is 4. The topological polar surface area (TPSA) is 78.7 Å². The first-order chi connectivity index (χ1) is 12.7. The Balaban J connectivity index is 1.58. The van der Waals surface area contributed by atoms with Gasteiger partial charge in [0, 0.05) is 32.2 Å². The van der Waals surface area contributed by atoms with Crippen molar-refractivity contribution in [3.05, 3.63) is 35.4 Å². The van der Waals surface area contributed by atoms with E-state index in [2.05, 4.69) is 10.2 Å². The van der Waals surface area contributed by atoms with Gasteiger partial charge < -0.3 is 23.7 Å². The fourth-order valence-corrected chi connectivity index (χ4v) is 3.42. The lowest BCUT2D eigenvalue weighted by atomic mass is 10.1. The van der Waals surface area contributed by atoms with E-state index in [4.69, 9.17) is 14.2 Å². The van der Waals surface area contributed by atoms with Crippen LogP contribution in [0.3, 0.4) is 0 Å². The molecule has 3 heterocycles. The lowest BCUT2D eigenvalue weighted by Gasteiger charge is -2.33. The van der Waals surface area contributed by atoms with Crippen LogP contribution in [0.2, 0.25) is 0 Å². The molecule has 0 aliphatic carbocycles. The van der Waals surface area contributed by atoms with Gasteiger partial charge in [0.2, 0.25) is 0 Å². The Bertz CT molecular complexity index is 820. The third-order valence-corrected chi connectivity index (χ3v) is 4.79. The fraction of sp³-hybridized carbons (Fsp3) is 0.500. The van der Waals surface area contributed by atoms with Gasteiger partial charge in [-0.25, -0.2) is 0 Å². The van der Waals surface area contributed by atoms with Crippen molar-refractivity contribution < 1.29 is 19.0 Å². The van der Waals surface area contributed by atoms with Crippen molar-refractivity contribution in [2.24, 2.45) is 0 Å². The molecule has 0 bridgehead atoms. The molecule has 8 heteroatoms. The lowest BCUT2D eigenvalue weighted by Crippen LogP contribution is -2.41. The highest BCUT2D eigenvalue weighted by atomic mass is 16.5. The van der Waals surface area contributed by atoms with Crippen molar-refractivity contribution >= 4 is 5.91 Å². The van der Waals surface area contributed by atoms with E-state index in [1.165, 1.54) is 0 Å². The van der Waals surface area contributed by atoms with Gasteiger partial charge in [-0.15, -0.1) is 10.2 Å². The Labute approximate surface area is 151 Å². The highest BCUT2D eigenvalue weighted by molar-refractivity contribution is 5.95. The summed E-state index contributed by atoms with van der Waals surface area (Å²) in [6.45, 7) is 4.85. The summed E-state index contributed by atoms with van der Waals surface area (Å²) in [5, 5.41) is 8.45. The molecule has 1 aromatic carbocycles. The molecule has 8 nitrogen and oxygen atoms in total. The normalized spacial score (nSPS) is 19.0. The maximum absolute atomic E-state index is 13.1. The van der Waals surface area contributed by atoms with Crippen LogP contribution in [0.25, 0.3) is 0 Å². The summed E-state index contributed by atoms with van der Waals surface area (Å²) < 4.78 is 18.5. The third kappa shape index (κ3) is 2.90. The molecule has 0 saturated heterocycles. The molecular weight excluding hydrogens is 336 g/mol. The molecule has 0 saturated carbocycles. The molecule has 1 atom stereocenters. The maximum atomic E-state index is 13.1. The van der Waals surface area contributed by atoms with Gasteiger partial charge in [0.15, 0.2) is 23.1 Å². The quantitative estimate of drug-likeness (QED) is 0.833. The molecule has 2 aromatic rings. The molecule has 0 spiro atoms. The molecular formula is C18H22N4O4. The molecule has 0 fully saturated rings. The van der Waals surface area contributed by atoms with E-state index in [1.807, 2.05) is 22.5 Å². The summed E-state index contributed by atoms with van der Waals surface area (Å²) in [5.41, 5.74) is 0.589. The van der Waals surface area contributed by atoms with Crippen LogP contribution in [-0.2, 0) is 17.9 Å². The van der Waals surface area contributed by atoms with Crippen molar-refractivity contribution in [3.63, 3.8) is 0 Å². The number of carbonyl (C=O) groups excluding carboxylic acids is 1. The van der Waals surface area contributed by atoms with Crippen LogP contribution < -0.4 is 9.47 Å². The number of amides is 1. The first-order valence-corrected chi connectivity index (χ1v) is 8.80. The SMILES string of the molecule is COCc1nnc2n1CCN(C(=O)c1ccc3c(c1)OCCCO3)[C@@H]2C. The molecule has 0 N–H and O–H groups in total. The summed E-state index contributed by atoms with van der Waals surface area (Å²) in [5.74, 6) is 2.84. The van der Waals surface area contributed by atoms with Gasteiger partial charge in [0.1, 0.15) is 6.61 Å². The van der Waals surface area contributed by atoms with Crippen molar-refractivity contribution in [1.29, 1.82) is 0 Å². The van der Waals surface area contributed by atoms with Gasteiger partial charge in [-0.3, -0.25) is 4.79 Å². The Morgan fingerprint density at radius 3 is 2.85 bits per heavy atom. The van der Waals surface area contributed by atoms with Crippen LogP contribution in [0.15, 0.2) is 18.2 Å². The van der Waals surface area contributed by atoms with Crippen molar-refractivity contribution in [2.75, 3.05) is 26.9 Å². The van der Waals surface area contributed by atoms with Crippen LogP contribution >= 0.6 is 0 Å². The van der Waals surface area contributed by atoms with E-state index in [1.54, 1.807) is 19.2 Å². The van der Waals surface area contributed by atoms with Gasteiger partial charge >= 0.3 is 0 Å². The van der Waals surface area contributed by atoms with Gasteiger partial charge in [-0.05, 0) is 25.1 Å². The molecule has 2 aliphatic rings. The number of methoxy groups -OCH3 is 1. The highest BCUT2D eigenvalue weighted by Gasteiger charge is 2.32. The van der Waals surface area contributed by atoms with E-state index in [0.29, 0.717) is 50.0 Å². The maximum Gasteiger partial charge on any atom is 0.254 e. The molecule has 138 valence electrons. The van der Waals surface area contributed by atoms with E-state index >= 15 is 0 Å².